The molecule has 0 radical (unpaired) electrons. The van der Waals surface area contributed by atoms with Gasteiger partial charge in [0.15, 0.2) is 11.0 Å². The standard InChI is InChI=1S/C23H25NO3/c1-4-14-24(15-5-2)23(26)19-13-9-12-18-20(25)16(3)21(27-22(18)19)17-10-7-6-8-11-17/h6-13H,4-5,14-15H2,1-3H3. The van der Waals surface area contributed by atoms with Crippen molar-refractivity contribution >= 4 is 16.9 Å². The molecule has 2 aromatic carbocycles. The van der Waals surface area contributed by atoms with Gasteiger partial charge in [0.05, 0.1) is 10.9 Å². The van der Waals surface area contributed by atoms with E-state index >= 15 is 0 Å². The van der Waals surface area contributed by atoms with E-state index in [1.807, 2.05) is 35.2 Å². The first-order valence-electron chi connectivity index (χ1n) is 9.49. The summed E-state index contributed by atoms with van der Waals surface area (Å²) in [7, 11) is 0. The number of para-hydroxylation sites is 1. The number of benzene rings is 2. The summed E-state index contributed by atoms with van der Waals surface area (Å²) in [4.78, 5) is 27.9. The molecule has 140 valence electrons. The van der Waals surface area contributed by atoms with Crippen LogP contribution in [0.15, 0.2) is 57.7 Å². The Balaban J connectivity index is 2.22. The van der Waals surface area contributed by atoms with Crippen molar-refractivity contribution in [1.29, 1.82) is 0 Å². The minimum Gasteiger partial charge on any atom is -0.455 e. The molecule has 4 nitrogen and oxygen atoms in total. The number of fused-ring (bicyclic) bond motifs is 1. The van der Waals surface area contributed by atoms with Crippen molar-refractivity contribution in [3.05, 3.63) is 69.9 Å². The predicted molar refractivity (Wildman–Crippen MR) is 109 cm³/mol. The molecule has 0 spiro atoms. The van der Waals surface area contributed by atoms with Crippen LogP contribution in [0.5, 0.6) is 0 Å². The van der Waals surface area contributed by atoms with Crippen LogP contribution >= 0.6 is 0 Å². The Labute approximate surface area is 159 Å². The SMILES string of the molecule is CCCN(CCC)C(=O)c1cccc2c(=O)c(C)c(-c3ccccc3)oc12. The lowest BCUT2D eigenvalue weighted by Crippen LogP contribution is -2.32. The van der Waals surface area contributed by atoms with E-state index < -0.39 is 0 Å². The smallest absolute Gasteiger partial charge is 0.257 e. The number of carbonyl (C=O) groups is 1. The molecular weight excluding hydrogens is 338 g/mol. The van der Waals surface area contributed by atoms with Crippen LogP contribution in [-0.4, -0.2) is 23.9 Å². The van der Waals surface area contributed by atoms with Gasteiger partial charge in [-0.2, -0.15) is 0 Å². The van der Waals surface area contributed by atoms with E-state index in [4.69, 9.17) is 4.42 Å². The van der Waals surface area contributed by atoms with Gasteiger partial charge in [-0.3, -0.25) is 9.59 Å². The van der Waals surface area contributed by atoms with Crippen LogP contribution in [0.1, 0.15) is 42.6 Å². The van der Waals surface area contributed by atoms with E-state index in [-0.39, 0.29) is 11.3 Å². The first-order chi connectivity index (χ1) is 13.1. The Hall–Kier alpha value is -2.88. The second-order valence-electron chi connectivity index (χ2n) is 6.73. The second kappa shape index (κ2) is 8.21. The second-order valence-corrected chi connectivity index (χ2v) is 6.73. The number of nitrogens with zero attached hydrogens (tertiary/aromatic N) is 1. The monoisotopic (exact) mass is 363 g/mol. The number of carbonyl (C=O) groups excluding carboxylic acids is 1. The lowest BCUT2D eigenvalue weighted by Gasteiger charge is -2.22. The van der Waals surface area contributed by atoms with Crippen molar-refractivity contribution in [2.24, 2.45) is 0 Å². The molecule has 0 saturated heterocycles. The maximum Gasteiger partial charge on any atom is 0.257 e. The van der Waals surface area contributed by atoms with Gasteiger partial charge in [-0.15, -0.1) is 0 Å². The maximum absolute atomic E-state index is 13.1. The minimum absolute atomic E-state index is 0.0877. The number of hydrogen-bond donors (Lipinski definition) is 0. The van der Waals surface area contributed by atoms with Crippen LogP contribution in [0.4, 0.5) is 0 Å². The highest BCUT2D eigenvalue weighted by atomic mass is 16.3. The molecule has 0 unspecified atom stereocenters. The molecule has 0 aliphatic rings. The predicted octanol–water partition coefficient (Wildman–Crippen LogP) is 5.03. The summed E-state index contributed by atoms with van der Waals surface area (Å²) in [5.41, 5.74) is 2.10. The van der Waals surface area contributed by atoms with E-state index in [2.05, 4.69) is 13.8 Å². The van der Waals surface area contributed by atoms with E-state index in [0.717, 1.165) is 18.4 Å². The van der Waals surface area contributed by atoms with E-state index in [1.54, 1.807) is 25.1 Å². The average Bonchev–Trinajstić information content (AvgIpc) is 2.70. The van der Waals surface area contributed by atoms with Crippen LogP contribution in [0.25, 0.3) is 22.3 Å². The largest absolute Gasteiger partial charge is 0.455 e. The van der Waals surface area contributed by atoms with Crippen molar-refractivity contribution < 1.29 is 9.21 Å². The van der Waals surface area contributed by atoms with Gasteiger partial charge >= 0.3 is 0 Å². The molecule has 0 N–H and O–H groups in total. The van der Waals surface area contributed by atoms with Crippen molar-refractivity contribution in [3.63, 3.8) is 0 Å². The highest BCUT2D eigenvalue weighted by molar-refractivity contribution is 6.05. The van der Waals surface area contributed by atoms with Crippen LogP contribution in [0, 0.1) is 6.92 Å². The summed E-state index contributed by atoms with van der Waals surface area (Å²) < 4.78 is 6.17. The summed E-state index contributed by atoms with van der Waals surface area (Å²) in [6, 6.07) is 14.8. The molecule has 0 saturated carbocycles. The molecule has 1 heterocycles. The summed E-state index contributed by atoms with van der Waals surface area (Å²) in [5.74, 6) is 0.432. The number of rotatable bonds is 6. The first kappa shape index (κ1) is 18.9. The number of hydrogen-bond acceptors (Lipinski definition) is 3. The molecule has 3 rings (SSSR count). The lowest BCUT2D eigenvalue weighted by atomic mass is 10.0. The zero-order valence-electron chi connectivity index (χ0n) is 16.1. The first-order valence-corrected chi connectivity index (χ1v) is 9.49. The quantitative estimate of drug-likeness (QED) is 0.617. The lowest BCUT2D eigenvalue weighted by molar-refractivity contribution is 0.0756. The molecule has 1 amide bonds. The molecule has 27 heavy (non-hydrogen) atoms. The minimum atomic E-state index is -0.0951. The number of amides is 1. The van der Waals surface area contributed by atoms with Gasteiger partial charge in [-0.1, -0.05) is 50.2 Å². The molecule has 4 heteroatoms. The molecule has 0 aliphatic heterocycles. The van der Waals surface area contributed by atoms with Crippen LogP contribution < -0.4 is 5.43 Å². The van der Waals surface area contributed by atoms with Crippen LogP contribution in [-0.2, 0) is 0 Å². The van der Waals surface area contributed by atoms with Crippen LogP contribution in [0.3, 0.4) is 0 Å². The fourth-order valence-electron chi connectivity index (χ4n) is 3.37. The fraction of sp³-hybridized carbons (Fsp3) is 0.304. The zero-order valence-corrected chi connectivity index (χ0v) is 16.1. The molecule has 1 aromatic heterocycles. The highest BCUT2D eigenvalue weighted by Gasteiger charge is 2.21. The molecular formula is C23H25NO3. The van der Waals surface area contributed by atoms with Gasteiger partial charge in [0.1, 0.15) is 5.76 Å². The van der Waals surface area contributed by atoms with Crippen LogP contribution in [0.2, 0.25) is 0 Å². The Morgan fingerprint density at radius 3 is 2.26 bits per heavy atom. The van der Waals surface area contributed by atoms with Crippen molar-refractivity contribution in [2.75, 3.05) is 13.1 Å². The molecule has 0 fully saturated rings. The summed E-state index contributed by atoms with van der Waals surface area (Å²) in [5, 5.41) is 0.450. The third-order valence-corrected chi connectivity index (χ3v) is 4.69. The average molecular weight is 363 g/mol. The Morgan fingerprint density at radius 2 is 1.63 bits per heavy atom. The van der Waals surface area contributed by atoms with E-state index in [1.165, 1.54) is 0 Å². The van der Waals surface area contributed by atoms with Gasteiger partial charge in [-0.25, -0.2) is 0 Å². The zero-order chi connectivity index (χ0) is 19.4. The molecule has 0 atom stereocenters. The van der Waals surface area contributed by atoms with E-state index in [9.17, 15) is 9.59 Å². The van der Waals surface area contributed by atoms with Gasteiger partial charge in [-0.05, 0) is 31.9 Å². The van der Waals surface area contributed by atoms with Gasteiger partial charge < -0.3 is 9.32 Å². The Morgan fingerprint density at radius 1 is 0.963 bits per heavy atom. The van der Waals surface area contributed by atoms with Crippen molar-refractivity contribution in [3.8, 4) is 11.3 Å². The molecule has 0 bridgehead atoms. The van der Waals surface area contributed by atoms with Gasteiger partial charge in [0, 0.05) is 24.2 Å². The summed E-state index contributed by atoms with van der Waals surface area (Å²) in [6.07, 6.45) is 1.77. The van der Waals surface area contributed by atoms with Crippen molar-refractivity contribution in [1.82, 2.24) is 4.90 Å². The highest BCUT2D eigenvalue weighted by Crippen LogP contribution is 2.27. The Bertz CT molecular complexity index is 999. The Kier molecular flexibility index (Phi) is 5.75. The van der Waals surface area contributed by atoms with E-state index in [0.29, 0.717) is 40.9 Å². The molecule has 3 aromatic rings. The van der Waals surface area contributed by atoms with Crippen molar-refractivity contribution in [2.45, 2.75) is 33.6 Å². The summed E-state index contributed by atoms with van der Waals surface area (Å²) >= 11 is 0. The van der Waals surface area contributed by atoms with Gasteiger partial charge in [0.25, 0.3) is 5.91 Å². The third-order valence-electron chi connectivity index (χ3n) is 4.69. The van der Waals surface area contributed by atoms with Gasteiger partial charge in [0.2, 0.25) is 0 Å². The maximum atomic E-state index is 13.1. The third kappa shape index (κ3) is 3.65. The normalized spacial score (nSPS) is 10.9. The molecule has 0 aliphatic carbocycles. The topological polar surface area (TPSA) is 50.5 Å². The fourth-order valence-corrected chi connectivity index (χ4v) is 3.37. The summed E-state index contributed by atoms with van der Waals surface area (Å²) in [6.45, 7) is 7.24.